The molecule has 1 atom stereocenters. The summed E-state index contributed by atoms with van der Waals surface area (Å²) in [5, 5.41) is 6.97. The van der Waals surface area contributed by atoms with E-state index < -0.39 is 17.6 Å². The average molecular weight is 426 g/mol. The van der Waals surface area contributed by atoms with E-state index in [0.29, 0.717) is 11.1 Å². The zero-order valence-electron chi connectivity index (χ0n) is 17.3. The highest BCUT2D eigenvalue weighted by molar-refractivity contribution is 5.76. The zero-order valence-corrected chi connectivity index (χ0v) is 17.3. The predicted molar refractivity (Wildman–Crippen MR) is 111 cm³/mol. The second kappa shape index (κ2) is 8.31. The lowest BCUT2D eigenvalue weighted by molar-refractivity contribution is -0.122. The van der Waals surface area contributed by atoms with Crippen molar-refractivity contribution in [3.05, 3.63) is 70.7 Å². The molecule has 1 N–H and O–H groups in total. The number of likely N-dealkylation sites (N-methyl/N-ethyl adjacent to an activating group) is 1. The van der Waals surface area contributed by atoms with E-state index in [9.17, 15) is 14.0 Å². The largest absolute Gasteiger partial charge is 0.469 e. The van der Waals surface area contributed by atoms with Crippen LogP contribution in [0.2, 0.25) is 0 Å². The molecule has 9 nitrogen and oxygen atoms in total. The number of amides is 1. The van der Waals surface area contributed by atoms with Gasteiger partial charge >= 0.3 is 5.69 Å². The Hall–Kier alpha value is -3.53. The van der Waals surface area contributed by atoms with E-state index in [0.717, 1.165) is 17.8 Å². The van der Waals surface area contributed by atoms with Crippen LogP contribution >= 0.6 is 0 Å². The molecule has 1 fully saturated rings. The number of halogens is 1. The minimum atomic E-state index is -0.605. The van der Waals surface area contributed by atoms with E-state index in [2.05, 4.69) is 26.9 Å². The maximum atomic E-state index is 13.9. The highest BCUT2D eigenvalue weighted by atomic mass is 19.1. The quantitative estimate of drug-likeness (QED) is 0.568. The first-order chi connectivity index (χ1) is 14.9. The van der Waals surface area contributed by atoms with Gasteiger partial charge in [-0.2, -0.15) is 0 Å². The van der Waals surface area contributed by atoms with Crippen molar-refractivity contribution in [2.24, 2.45) is 0 Å². The fraction of sp³-hybridized carbons (Fsp3) is 0.333. The summed E-state index contributed by atoms with van der Waals surface area (Å²) >= 11 is 0. The van der Waals surface area contributed by atoms with Crippen molar-refractivity contribution in [1.82, 2.24) is 29.4 Å². The van der Waals surface area contributed by atoms with Crippen molar-refractivity contribution in [3.63, 3.8) is 0 Å². The Morgan fingerprint density at radius 3 is 2.90 bits per heavy atom. The number of likely N-dealkylation sites (tertiary alicyclic amines) is 1. The molecule has 0 aliphatic carbocycles. The van der Waals surface area contributed by atoms with E-state index in [4.69, 9.17) is 4.74 Å². The summed E-state index contributed by atoms with van der Waals surface area (Å²) in [4.78, 5) is 31.5. The third kappa shape index (κ3) is 4.19. The van der Waals surface area contributed by atoms with Crippen molar-refractivity contribution in [1.29, 1.82) is 0 Å². The van der Waals surface area contributed by atoms with Crippen LogP contribution in [-0.2, 0) is 11.3 Å². The number of aromatic nitrogens is 4. The summed E-state index contributed by atoms with van der Waals surface area (Å²) in [7, 11) is 1.98. The number of hydrogen-bond acceptors (Lipinski definition) is 6. The molecule has 2 aromatic heterocycles. The Labute approximate surface area is 177 Å². The maximum absolute atomic E-state index is 13.9. The smallest absolute Gasteiger partial charge is 0.351 e. The molecule has 1 saturated heterocycles. The molecule has 10 heteroatoms. The summed E-state index contributed by atoms with van der Waals surface area (Å²) in [5.41, 5.74) is 0.823. The molecule has 1 aliphatic rings. The predicted octanol–water partition coefficient (Wildman–Crippen LogP) is 1.07. The lowest BCUT2D eigenvalue weighted by atomic mass is 10.0. The van der Waals surface area contributed by atoms with E-state index >= 15 is 0 Å². The van der Waals surface area contributed by atoms with Crippen LogP contribution in [0, 0.1) is 12.7 Å². The molecule has 1 amide bonds. The van der Waals surface area contributed by atoms with Gasteiger partial charge in [-0.3, -0.25) is 9.69 Å². The molecule has 31 heavy (non-hydrogen) atoms. The van der Waals surface area contributed by atoms with Crippen LogP contribution in [-0.4, -0.2) is 56.2 Å². The SMILES string of the molecule is C=C[C@H](NC(=O)Cn1nc2c(OC3CN(C)C3)nccn2c1=O)c1ccc(C)c(F)c1. The van der Waals surface area contributed by atoms with Gasteiger partial charge in [0.1, 0.15) is 18.5 Å². The number of carbonyl (C=O) groups is 1. The summed E-state index contributed by atoms with van der Waals surface area (Å²) in [6.07, 6.45) is 4.41. The average Bonchev–Trinajstić information content (AvgIpc) is 3.03. The fourth-order valence-corrected chi connectivity index (χ4v) is 3.42. The van der Waals surface area contributed by atoms with Crippen molar-refractivity contribution in [2.45, 2.75) is 25.6 Å². The monoisotopic (exact) mass is 426 g/mol. The van der Waals surface area contributed by atoms with Gasteiger partial charge in [0, 0.05) is 25.5 Å². The lowest BCUT2D eigenvalue weighted by Gasteiger charge is -2.35. The Morgan fingerprint density at radius 1 is 1.45 bits per heavy atom. The minimum Gasteiger partial charge on any atom is -0.469 e. The van der Waals surface area contributed by atoms with Gasteiger partial charge in [0.05, 0.1) is 6.04 Å². The van der Waals surface area contributed by atoms with Crippen molar-refractivity contribution >= 4 is 11.6 Å². The molecule has 0 radical (unpaired) electrons. The van der Waals surface area contributed by atoms with Crippen LogP contribution in [0.5, 0.6) is 5.88 Å². The van der Waals surface area contributed by atoms with E-state index in [-0.39, 0.29) is 30.0 Å². The third-order valence-corrected chi connectivity index (χ3v) is 5.18. The molecule has 0 unspecified atom stereocenters. The summed E-state index contributed by atoms with van der Waals surface area (Å²) < 4.78 is 22.0. The molecule has 0 saturated carbocycles. The number of aryl methyl sites for hydroxylation is 1. The molecule has 3 aromatic rings. The van der Waals surface area contributed by atoms with Gasteiger partial charge < -0.3 is 10.1 Å². The summed E-state index contributed by atoms with van der Waals surface area (Å²) in [6.45, 7) is 6.58. The van der Waals surface area contributed by atoms with Crippen LogP contribution in [0.3, 0.4) is 0 Å². The van der Waals surface area contributed by atoms with E-state index in [1.807, 2.05) is 7.05 Å². The molecule has 4 rings (SSSR count). The van der Waals surface area contributed by atoms with Gasteiger partial charge in [-0.05, 0) is 31.2 Å². The number of fused-ring (bicyclic) bond motifs is 1. The van der Waals surface area contributed by atoms with Gasteiger partial charge in [-0.25, -0.2) is 23.3 Å². The van der Waals surface area contributed by atoms with Crippen LogP contribution in [0.25, 0.3) is 5.65 Å². The molecular weight excluding hydrogens is 403 g/mol. The van der Waals surface area contributed by atoms with Gasteiger partial charge in [0.25, 0.3) is 5.88 Å². The highest BCUT2D eigenvalue weighted by Gasteiger charge is 2.27. The number of hydrogen-bond donors (Lipinski definition) is 1. The second-order valence-electron chi connectivity index (χ2n) is 7.62. The Morgan fingerprint density at radius 2 is 2.23 bits per heavy atom. The topological polar surface area (TPSA) is 93.8 Å². The molecule has 1 aliphatic heterocycles. The zero-order chi connectivity index (χ0) is 22.1. The molecular formula is C21H23FN6O3. The second-order valence-corrected chi connectivity index (χ2v) is 7.62. The minimum absolute atomic E-state index is 0.0181. The first kappa shape index (κ1) is 20.7. The molecule has 3 heterocycles. The molecule has 162 valence electrons. The van der Waals surface area contributed by atoms with E-state index in [1.165, 1.54) is 28.9 Å². The van der Waals surface area contributed by atoms with E-state index in [1.54, 1.807) is 19.1 Å². The number of nitrogens with zero attached hydrogens (tertiary/aromatic N) is 5. The van der Waals surface area contributed by atoms with Crippen LogP contribution in [0.4, 0.5) is 4.39 Å². The van der Waals surface area contributed by atoms with Crippen LogP contribution in [0.15, 0.2) is 48.0 Å². The highest BCUT2D eigenvalue weighted by Crippen LogP contribution is 2.19. The first-order valence-corrected chi connectivity index (χ1v) is 9.83. The van der Waals surface area contributed by atoms with Crippen molar-refractivity contribution in [3.8, 4) is 5.88 Å². The van der Waals surface area contributed by atoms with Crippen LogP contribution < -0.4 is 15.7 Å². The molecule has 1 aromatic carbocycles. The number of benzene rings is 1. The van der Waals surface area contributed by atoms with Gasteiger partial charge in [0.15, 0.2) is 0 Å². The lowest BCUT2D eigenvalue weighted by Crippen LogP contribution is -2.51. The standard InChI is InChI=1S/C21H23FN6O3/c1-4-17(14-6-5-13(2)16(22)9-14)24-18(29)12-28-21(30)27-8-7-23-20(19(27)25-28)31-15-10-26(3)11-15/h4-9,15,17H,1,10-12H2,2-3H3,(H,24,29)/t17-/m0/s1. The first-order valence-electron chi connectivity index (χ1n) is 9.83. The van der Waals surface area contributed by atoms with Crippen molar-refractivity contribution in [2.75, 3.05) is 20.1 Å². The summed E-state index contributed by atoms with van der Waals surface area (Å²) in [6, 6.07) is 4.10. The number of nitrogens with one attached hydrogen (secondary N) is 1. The maximum Gasteiger partial charge on any atom is 0.351 e. The Balaban J connectivity index is 1.51. The third-order valence-electron chi connectivity index (χ3n) is 5.18. The number of rotatable bonds is 7. The fourth-order valence-electron chi connectivity index (χ4n) is 3.42. The van der Waals surface area contributed by atoms with Crippen molar-refractivity contribution < 1.29 is 13.9 Å². The normalized spacial score (nSPS) is 15.5. The Bertz CT molecular complexity index is 1200. The van der Waals surface area contributed by atoms with Crippen LogP contribution in [0.1, 0.15) is 17.2 Å². The van der Waals surface area contributed by atoms with Gasteiger partial charge in [-0.15, -0.1) is 11.7 Å². The Kier molecular flexibility index (Phi) is 5.55. The molecule has 0 spiro atoms. The van der Waals surface area contributed by atoms with Gasteiger partial charge in [-0.1, -0.05) is 18.2 Å². The number of ether oxygens (including phenoxy) is 1. The van der Waals surface area contributed by atoms with Gasteiger partial charge in [0.2, 0.25) is 11.6 Å². The molecule has 0 bridgehead atoms. The summed E-state index contributed by atoms with van der Waals surface area (Å²) in [5.74, 6) is -0.587. The number of carbonyl (C=O) groups excluding carboxylic acids is 1.